The van der Waals surface area contributed by atoms with E-state index < -0.39 is 6.61 Å². The SMILES string of the molecule is CCCCN(C)C(=O)C=Cc1ccc(OC(F)F)c(OCC)c1. The van der Waals surface area contributed by atoms with Crippen LogP contribution in [0.15, 0.2) is 24.3 Å². The fourth-order valence-electron chi connectivity index (χ4n) is 1.89. The van der Waals surface area contributed by atoms with Crippen molar-refractivity contribution in [3.8, 4) is 11.5 Å². The van der Waals surface area contributed by atoms with Gasteiger partial charge >= 0.3 is 6.61 Å². The molecule has 1 amide bonds. The number of benzene rings is 1. The lowest BCUT2D eigenvalue weighted by molar-refractivity contribution is -0.124. The summed E-state index contributed by atoms with van der Waals surface area (Å²) in [5.74, 6) is 0.0939. The van der Waals surface area contributed by atoms with Gasteiger partial charge in [-0.1, -0.05) is 19.4 Å². The molecule has 0 aliphatic heterocycles. The van der Waals surface area contributed by atoms with E-state index >= 15 is 0 Å². The monoisotopic (exact) mass is 327 g/mol. The molecule has 1 aromatic carbocycles. The summed E-state index contributed by atoms with van der Waals surface area (Å²) >= 11 is 0. The molecule has 4 nitrogen and oxygen atoms in total. The number of rotatable bonds is 9. The third-order valence-corrected chi connectivity index (χ3v) is 3.13. The maximum Gasteiger partial charge on any atom is 0.387 e. The number of hydrogen-bond acceptors (Lipinski definition) is 3. The first-order valence-corrected chi connectivity index (χ1v) is 7.62. The first-order valence-electron chi connectivity index (χ1n) is 7.62. The lowest BCUT2D eigenvalue weighted by Crippen LogP contribution is -2.25. The Balaban J connectivity index is 2.81. The van der Waals surface area contributed by atoms with Gasteiger partial charge in [-0.15, -0.1) is 0 Å². The summed E-state index contributed by atoms with van der Waals surface area (Å²) in [4.78, 5) is 13.6. The Labute approximate surface area is 135 Å². The van der Waals surface area contributed by atoms with Crippen LogP contribution in [0, 0.1) is 0 Å². The number of carbonyl (C=O) groups is 1. The van der Waals surface area contributed by atoms with Gasteiger partial charge in [-0.25, -0.2) is 0 Å². The Hall–Kier alpha value is -2.11. The topological polar surface area (TPSA) is 38.8 Å². The van der Waals surface area contributed by atoms with Crippen molar-refractivity contribution in [1.29, 1.82) is 0 Å². The van der Waals surface area contributed by atoms with Crippen LogP contribution in [-0.2, 0) is 4.79 Å². The van der Waals surface area contributed by atoms with E-state index in [1.54, 1.807) is 37.1 Å². The molecule has 0 atom stereocenters. The summed E-state index contributed by atoms with van der Waals surface area (Å²) in [6.07, 6.45) is 5.04. The molecule has 0 fully saturated rings. The predicted molar refractivity (Wildman–Crippen MR) is 85.8 cm³/mol. The highest BCUT2D eigenvalue weighted by atomic mass is 19.3. The van der Waals surface area contributed by atoms with E-state index in [2.05, 4.69) is 11.7 Å². The Morgan fingerprint density at radius 1 is 1.30 bits per heavy atom. The number of amides is 1. The molecule has 128 valence electrons. The highest BCUT2D eigenvalue weighted by molar-refractivity contribution is 5.91. The van der Waals surface area contributed by atoms with Gasteiger partial charge in [-0.3, -0.25) is 4.79 Å². The van der Waals surface area contributed by atoms with Crippen molar-refractivity contribution < 1.29 is 23.0 Å². The van der Waals surface area contributed by atoms with E-state index in [-0.39, 0.29) is 17.4 Å². The summed E-state index contributed by atoms with van der Waals surface area (Å²) < 4.78 is 34.4. The number of carbonyl (C=O) groups excluding carboxylic acids is 1. The second kappa shape index (κ2) is 9.82. The first kappa shape index (κ1) is 18.9. The van der Waals surface area contributed by atoms with Crippen molar-refractivity contribution in [2.75, 3.05) is 20.2 Å². The van der Waals surface area contributed by atoms with Crippen molar-refractivity contribution in [1.82, 2.24) is 4.90 Å². The van der Waals surface area contributed by atoms with Gasteiger partial charge in [0.1, 0.15) is 0 Å². The molecule has 0 aromatic heterocycles. The van der Waals surface area contributed by atoms with Crippen molar-refractivity contribution in [3.05, 3.63) is 29.8 Å². The molecule has 0 aliphatic carbocycles. The second-order valence-corrected chi connectivity index (χ2v) is 4.96. The van der Waals surface area contributed by atoms with Gasteiger partial charge in [0, 0.05) is 19.7 Å². The van der Waals surface area contributed by atoms with Gasteiger partial charge in [0.25, 0.3) is 0 Å². The molecule has 0 heterocycles. The maximum absolute atomic E-state index is 12.3. The molecule has 0 radical (unpaired) electrons. The van der Waals surface area contributed by atoms with Gasteiger partial charge in [-0.05, 0) is 37.1 Å². The van der Waals surface area contributed by atoms with Crippen LogP contribution in [0.25, 0.3) is 6.08 Å². The van der Waals surface area contributed by atoms with Crippen LogP contribution in [0.1, 0.15) is 32.3 Å². The number of alkyl halides is 2. The van der Waals surface area contributed by atoms with Crippen molar-refractivity contribution in [2.45, 2.75) is 33.3 Å². The Bertz CT molecular complexity index is 533. The van der Waals surface area contributed by atoms with Crippen molar-refractivity contribution >= 4 is 12.0 Å². The third-order valence-electron chi connectivity index (χ3n) is 3.13. The molecule has 0 saturated heterocycles. The molecule has 0 saturated carbocycles. The normalized spacial score (nSPS) is 11.0. The predicted octanol–water partition coefficient (Wildman–Crippen LogP) is 3.96. The summed E-state index contributed by atoms with van der Waals surface area (Å²) in [6, 6.07) is 4.56. The van der Waals surface area contributed by atoms with Gasteiger partial charge in [-0.2, -0.15) is 8.78 Å². The second-order valence-electron chi connectivity index (χ2n) is 4.96. The van der Waals surface area contributed by atoms with E-state index in [9.17, 15) is 13.6 Å². The Morgan fingerprint density at radius 2 is 2.04 bits per heavy atom. The van der Waals surface area contributed by atoms with Crippen LogP contribution in [0.4, 0.5) is 8.78 Å². The van der Waals surface area contributed by atoms with Crippen LogP contribution in [0.5, 0.6) is 11.5 Å². The van der Waals surface area contributed by atoms with Gasteiger partial charge in [0.15, 0.2) is 11.5 Å². The van der Waals surface area contributed by atoms with E-state index in [0.717, 1.165) is 12.8 Å². The lowest BCUT2D eigenvalue weighted by atomic mass is 10.2. The van der Waals surface area contributed by atoms with Crippen LogP contribution >= 0.6 is 0 Å². The zero-order valence-electron chi connectivity index (χ0n) is 13.7. The number of nitrogens with zero attached hydrogens (tertiary/aromatic N) is 1. The zero-order chi connectivity index (χ0) is 17.2. The standard InChI is InChI=1S/C17H23F2NO3/c1-4-6-11-20(3)16(21)10-8-13-7-9-14(23-17(18)19)15(12-13)22-5-2/h7-10,12,17H,4-6,11H2,1-3H3. The lowest BCUT2D eigenvalue weighted by Gasteiger charge is -2.14. The molecule has 0 aliphatic rings. The van der Waals surface area contributed by atoms with E-state index in [1.807, 2.05) is 0 Å². The molecule has 6 heteroatoms. The molecule has 1 aromatic rings. The summed E-state index contributed by atoms with van der Waals surface area (Å²) in [5, 5.41) is 0. The Kier molecular flexibility index (Phi) is 8.08. The molecular formula is C17H23F2NO3. The molecule has 0 unspecified atom stereocenters. The van der Waals surface area contributed by atoms with Gasteiger partial charge < -0.3 is 14.4 Å². The van der Waals surface area contributed by atoms with E-state index in [0.29, 0.717) is 18.7 Å². The van der Waals surface area contributed by atoms with Crippen molar-refractivity contribution in [3.63, 3.8) is 0 Å². The molecule has 0 spiro atoms. The molecule has 0 N–H and O–H groups in total. The van der Waals surface area contributed by atoms with Gasteiger partial charge in [0.05, 0.1) is 6.61 Å². The number of hydrogen-bond donors (Lipinski definition) is 0. The average Bonchev–Trinajstić information content (AvgIpc) is 2.52. The molecular weight excluding hydrogens is 304 g/mol. The highest BCUT2D eigenvalue weighted by Gasteiger charge is 2.11. The first-order chi connectivity index (χ1) is 11.0. The highest BCUT2D eigenvalue weighted by Crippen LogP contribution is 2.30. The quantitative estimate of drug-likeness (QED) is 0.645. The fourth-order valence-corrected chi connectivity index (χ4v) is 1.89. The number of ether oxygens (including phenoxy) is 2. The largest absolute Gasteiger partial charge is 0.490 e. The minimum atomic E-state index is -2.91. The van der Waals surface area contributed by atoms with E-state index in [4.69, 9.17) is 4.74 Å². The number of unbranched alkanes of at least 4 members (excludes halogenated alkanes) is 1. The zero-order valence-corrected chi connectivity index (χ0v) is 13.7. The van der Waals surface area contributed by atoms with Gasteiger partial charge in [0.2, 0.25) is 5.91 Å². The van der Waals surface area contributed by atoms with Crippen LogP contribution in [0.3, 0.4) is 0 Å². The number of halogens is 2. The average molecular weight is 327 g/mol. The maximum atomic E-state index is 12.3. The minimum absolute atomic E-state index is 0.0228. The summed E-state index contributed by atoms with van der Waals surface area (Å²) in [5.41, 5.74) is 0.673. The minimum Gasteiger partial charge on any atom is -0.490 e. The summed E-state index contributed by atoms with van der Waals surface area (Å²) in [6.45, 7) is 1.92. The third kappa shape index (κ3) is 6.67. The molecule has 0 bridgehead atoms. The fraction of sp³-hybridized carbons (Fsp3) is 0.471. The van der Waals surface area contributed by atoms with Crippen LogP contribution in [0.2, 0.25) is 0 Å². The molecule has 23 heavy (non-hydrogen) atoms. The smallest absolute Gasteiger partial charge is 0.387 e. The number of likely N-dealkylation sites (N-methyl/N-ethyl adjacent to an activating group) is 1. The van der Waals surface area contributed by atoms with Crippen LogP contribution in [-0.4, -0.2) is 37.6 Å². The van der Waals surface area contributed by atoms with Crippen molar-refractivity contribution in [2.24, 2.45) is 0 Å². The van der Waals surface area contributed by atoms with Crippen LogP contribution < -0.4 is 9.47 Å². The summed E-state index contributed by atoms with van der Waals surface area (Å²) in [7, 11) is 1.74. The van der Waals surface area contributed by atoms with E-state index in [1.165, 1.54) is 12.1 Å². The Morgan fingerprint density at radius 3 is 2.65 bits per heavy atom. The molecule has 1 rings (SSSR count).